The Morgan fingerprint density at radius 3 is 2.81 bits per heavy atom. The lowest BCUT2D eigenvalue weighted by atomic mass is 10.2. The van der Waals surface area contributed by atoms with E-state index < -0.39 is 0 Å². The highest BCUT2D eigenvalue weighted by molar-refractivity contribution is 5.92. The number of nitrogens with one attached hydrogen (secondary N) is 2. The molecule has 0 saturated carbocycles. The summed E-state index contributed by atoms with van der Waals surface area (Å²) in [5.74, 6) is 1.55. The molecular formula is C18H22N4O4. The summed E-state index contributed by atoms with van der Waals surface area (Å²) in [6.45, 7) is 1.25. The predicted octanol–water partition coefficient (Wildman–Crippen LogP) is 2.15. The number of ether oxygens (including phenoxy) is 3. The average Bonchev–Trinajstić information content (AvgIpc) is 3.20. The first-order chi connectivity index (χ1) is 12.7. The van der Waals surface area contributed by atoms with Gasteiger partial charge < -0.3 is 24.8 Å². The number of aromatic nitrogens is 2. The number of amides is 1. The molecule has 0 aliphatic carbocycles. The molecule has 2 heterocycles. The van der Waals surface area contributed by atoms with Crippen LogP contribution < -0.4 is 20.1 Å². The lowest BCUT2D eigenvalue weighted by molar-refractivity contribution is 0.0853. The molecule has 1 unspecified atom stereocenters. The lowest BCUT2D eigenvalue weighted by Crippen LogP contribution is -2.32. The Balaban J connectivity index is 1.61. The quantitative estimate of drug-likeness (QED) is 0.783. The van der Waals surface area contributed by atoms with E-state index in [-0.39, 0.29) is 17.7 Å². The van der Waals surface area contributed by atoms with Crippen molar-refractivity contribution in [1.82, 2.24) is 15.3 Å². The van der Waals surface area contributed by atoms with Crippen LogP contribution in [0.5, 0.6) is 11.5 Å². The van der Waals surface area contributed by atoms with Gasteiger partial charge in [0.25, 0.3) is 5.91 Å². The fourth-order valence-corrected chi connectivity index (χ4v) is 2.65. The summed E-state index contributed by atoms with van der Waals surface area (Å²) in [6, 6.07) is 5.40. The summed E-state index contributed by atoms with van der Waals surface area (Å²) in [5.41, 5.74) is 0.980. The second-order valence-corrected chi connectivity index (χ2v) is 5.82. The van der Waals surface area contributed by atoms with Crippen LogP contribution in [-0.4, -0.2) is 49.4 Å². The molecule has 0 spiro atoms. The number of anilines is 2. The Labute approximate surface area is 151 Å². The zero-order valence-corrected chi connectivity index (χ0v) is 14.8. The molecular weight excluding hydrogens is 336 g/mol. The van der Waals surface area contributed by atoms with Gasteiger partial charge in [-0.15, -0.1) is 0 Å². The molecule has 3 rings (SSSR count). The fourth-order valence-electron chi connectivity index (χ4n) is 2.65. The van der Waals surface area contributed by atoms with Crippen LogP contribution >= 0.6 is 0 Å². The zero-order chi connectivity index (χ0) is 18.4. The molecule has 2 aromatic rings. The minimum absolute atomic E-state index is 0.0929. The molecule has 138 valence electrons. The van der Waals surface area contributed by atoms with Crippen molar-refractivity contribution < 1.29 is 19.0 Å². The summed E-state index contributed by atoms with van der Waals surface area (Å²) in [5, 5.41) is 5.93. The molecule has 26 heavy (non-hydrogen) atoms. The first kappa shape index (κ1) is 17.9. The summed E-state index contributed by atoms with van der Waals surface area (Å²) < 4.78 is 16.0. The van der Waals surface area contributed by atoms with Gasteiger partial charge in [0.2, 0.25) is 0 Å². The van der Waals surface area contributed by atoms with Gasteiger partial charge in [-0.25, -0.2) is 9.97 Å². The van der Waals surface area contributed by atoms with E-state index in [1.165, 1.54) is 12.4 Å². The third kappa shape index (κ3) is 4.40. The minimum atomic E-state index is -0.262. The molecule has 1 aliphatic rings. The molecule has 8 heteroatoms. The number of nitrogens with zero attached hydrogens (tertiary/aromatic N) is 2. The molecule has 1 saturated heterocycles. The predicted molar refractivity (Wildman–Crippen MR) is 96.2 cm³/mol. The van der Waals surface area contributed by atoms with Gasteiger partial charge in [0.15, 0.2) is 0 Å². The monoisotopic (exact) mass is 358 g/mol. The van der Waals surface area contributed by atoms with Gasteiger partial charge in [-0.05, 0) is 25.0 Å². The van der Waals surface area contributed by atoms with Crippen molar-refractivity contribution in [3.8, 4) is 11.5 Å². The number of carbonyl (C=O) groups is 1. The Kier molecular flexibility index (Phi) is 5.85. The van der Waals surface area contributed by atoms with Crippen LogP contribution in [0.2, 0.25) is 0 Å². The third-order valence-corrected chi connectivity index (χ3v) is 4.07. The largest absolute Gasteiger partial charge is 0.497 e. The summed E-state index contributed by atoms with van der Waals surface area (Å²) in [6.07, 6.45) is 5.04. The van der Waals surface area contributed by atoms with Crippen molar-refractivity contribution in [3.63, 3.8) is 0 Å². The number of hydrogen-bond acceptors (Lipinski definition) is 7. The summed E-state index contributed by atoms with van der Waals surface area (Å²) in [4.78, 5) is 20.5. The first-order valence-electron chi connectivity index (χ1n) is 8.40. The lowest BCUT2D eigenvalue weighted by Gasteiger charge is -2.12. The molecule has 0 bridgehead atoms. The van der Waals surface area contributed by atoms with Gasteiger partial charge in [-0.3, -0.25) is 4.79 Å². The van der Waals surface area contributed by atoms with Crippen LogP contribution in [0, 0.1) is 0 Å². The van der Waals surface area contributed by atoms with E-state index in [4.69, 9.17) is 14.2 Å². The zero-order valence-electron chi connectivity index (χ0n) is 14.8. The third-order valence-electron chi connectivity index (χ3n) is 4.07. The van der Waals surface area contributed by atoms with E-state index in [0.717, 1.165) is 25.1 Å². The van der Waals surface area contributed by atoms with Crippen molar-refractivity contribution in [2.24, 2.45) is 0 Å². The maximum absolute atomic E-state index is 12.1. The van der Waals surface area contributed by atoms with Gasteiger partial charge in [-0.1, -0.05) is 0 Å². The molecule has 1 atom stereocenters. The van der Waals surface area contributed by atoms with Crippen LogP contribution in [-0.2, 0) is 4.74 Å². The van der Waals surface area contributed by atoms with Gasteiger partial charge in [0.05, 0.1) is 38.4 Å². The highest BCUT2D eigenvalue weighted by Crippen LogP contribution is 2.30. The van der Waals surface area contributed by atoms with Gasteiger partial charge >= 0.3 is 0 Å². The van der Waals surface area contributed by atoms with Gasteiger partial charge in [0, 0.05) is 19.2 Å². The van der Waals surface area contributed by atoms with Crippen molar-refractivity contribution in [2.75, 3.05) is 32.7 Å². The first-order valence-corrected chi connectivity index (χ1v) is 8.40. The van der Waals surface area contributed by atoms with E-state index in [0.29, 0.717) is 23.9 Å². The Morgan fingerprint density at radius 1 is 1.27 bits per heavy atom. The highest BCUT2D eigenvalue weighted by Gasteiger charge is 2.17. The second kappa shape index (κ2) is 8.48. The van der Waals surface area contributed by atoms with Crippen molar-refractivity contribution in [1.29, 1.82) is 0 Å². The average molecular weight is 358 g/mol. The van der Waals surface area contributed by atoms with E-state index in [9.17, 15) is 4.79 Å². The summed E-state index contributed by atoms with van der Waals surface area (Å²) >= 11 is 0. The Morgan fingerprint density at radius 2 is 2.15 bits per heavy atom. The maximum atomic E-state index is 12.1. The molecule has 8 nitrogen and oxygen atoms in total. The van der Waals surface area contributed by atoms with Crippen molar-refractivity contribution >= 4 is 17.4 Å². The number of methoxy groups -OCH3 is 2. The van der Waals surface area contributed by atoms with Crippen LogP contribution in [0.1, 0.15) is 23.3 Å². The Hall–Kier alpha value is -2.87. The van der Waals surface area contributed by atoms with E-state index >= 15 is 0 Å². The van der Waals surface area contributed by atoms with Crippen LogP contribution in [0.15, 0.2) is 30.6 Å². The van der Waals surface area contributed by atoms with Crippen molar-refractivity contribution in [3.05, 3.63) is 36.3 Å². The van der Waals surface area contributed by atoms with E-state index in [1.54, 1.807) is 20.3 Å². The molecule has 0 radical (unpaired) electrons. The highest BCUT2D eigenvalue weighted by atomic mass is 16.5. The smallest absolute Gasteiger partial charge is 0.271 e. The van der Waals surface area contributed by atoms with Crippen LogP contribution in [0.25, 0.3) is 0 Å². The Bertz CT molecular complexity index is 745. The molecule has 2 N–H and O–H groups in total. The van der Waals surface area contributed by atoms with Gasteiger partial charge in [0.1, 0.15) is 23.0 Å². The standard InChI is InChI=1S/C18H22N4O4/c1-24-12-5-6-14(16(8-12)25-2)22-17-11-19-15(10-20-17)18(23)21-9-13-4-3-7-26-13/h5-6,8,10-11,13H,3-4,7,9H2,1-2H3,(H,20,22)(H,21,23). The number of benzene rings is 1. The van der Waals surface area contributed by atoms with Crippen molar-refractivity contribution in [2.45, 2.75) is 18.9 Å². The minimum Gasteiger partial charge on any atom is -0.497 e. The SMILES string of the molecule is COc1ccc(Nc2cnc(C(=O)NCC3CCCO3)cn2)c(OC)c1. The topological polar surface area (TPSA) is 94.6 Å². The second-order valence-electron chi connectivity index (χ2n) is 5.82. The molecule has 1 aromatic carbocycles. The summed E-state index contributed by atoms with van der Waals surface area (Å²) in [7, 11) is 3.17. The fraction of sp³-hybridized carbons (Fsp3) is 0.389. The molecule has 1 amide bonds. The molecule has 1 fully saturated rings. The number of carbonyl (C=O) groups excluding carboxylic acids is 1. The maximum Gasteiger partial charge on any atom is 0.271 e. The van der Waals surface area contributed by atoms with E-state index in [1.807, 2.05) is 12.1 Å². The van der Waals surface area contributed by atoms with Crippen LogP contribution in [0.3, 0.4) is 0 Å². The van der Waals surface area contributed by atoms with Crippen LogP contribution in [0.4, 0.5) is 11.5 Å². The van der Waals surface area contributed by atoms with Gasteiger partial charge in [-0.2, -0.15) is 0 Å². The molecule has 1 aliphatic heterocycles. The van der Waals surface area contributed by atoms with E-state index in [2.05, 4.69) is 20.6 Å². The normalized spacial score (nSPS) is 16.2. The number of hydrogen-bond donors (Lipinski definition) is 2. The number of rotatable bonds is 7. The molecule has 1 aromatic heterocycles.